The first kappa shape index (κ1) is 11.7. The molecule has 1 rings (SSSR count). The lowest BCUT2D eigenvalue weighted by Gasteiger charge is -2.45. The van der Waals surface area contributed by atoms with Gasteiger partial charge in [-0.3, -0.25) is 0 Å². The van der Waals surface area contributed by atoms with Crippen molar-refractivity contribution < 1.29 is 0 Å². The van der Waals surface area contributed by atoms with Crippen molar-refractivity contribution in [3.05, 3.63) is 24.3 Å². The van der Waals surface area contributed by atoms with Gasteiger partial charge in [-0.2, -0.15) is 0 Å². The van der Waals surface area contributed by atoms with Gasteiger partial charge < -0.3 is 0 Å². The van der Waals surface area contributed by atoms with E-state index in [-0.39, 0.29) is 0 Å². The molecule has 0 bridgehead atoms. The summed E-state index contributed by atoms with van der Waals surface area (Å²) in [6, 6.07) is 8.32. The maximum atomic E-state index is 5.69. The molecule has 0 saturated carbocycles. The highest BCUT2D eigenvalue weighted by molar-refractivity contribution is 8.33. The van der Waals surface area contributed by atoms with Crippen molar-refractivity contribution in [3.8, 4) is 0 Å². The summed E-state index contributed by atoms with van der Waals surface area (Å²) in [5, 5.41) is 0. The second-order valence-corrected chi connectivity index (χ2v) is 9.36. The van der Waals surface area contributed by atoms with Crippen molar-refractivity contribution in [1.29, 1.82) is 0 Å². The predicted octanol–water partition coefficient (Wildman–Crippen LogP) is 2.70. The number of hydrogen-bond acceptors (Lipinski definition) is 0. The van der Waals surface area contributed by atoms with Crippen LogP contribution in [-0.2, 0) is 0 Å². The fourth-order valence-electron chi connectivity index (χ4n) is 1.16. The van der Waals surface area contributed by atoms with Crippen molar-refractivity contribution >= 4 is 23.3 Å². The lowest BCUT2D eigenvalue weighted by molar-refractivity contribution is 0.786. The highest BCUT2D eigenvalue weighted by Gasteiger charge is 2.29. The van der Waals surface area contributed by atoms with Crippen LogP contribution in [0, 0.1) is 0 Å². The molecule has 0 amide bonds. The van der Waals surface area contributed by atoms with E-state index in [0.717, 1.165) is 5.46 Å². The lowest BCUT2D eigenvalue weighted by Crippen LogP contribution is -2.23. The third-order valence-electron chi connectivity index (χ3n) is 3.00. The van der Waals surface area contributed by atoms with Gasteiger partial charge in [0.25, 0.3) is 0 Å². The minimum atomic E-state index is -0.749. The molecule has 0 spiro atoms. The van der Waals surface area contributed by atoms with Crippen LogP contribution in [0.5, 0.6) is 0 Å². The van der Waals surface area contributed by atoms with Crippen LogP contribution >= 0.6 is 10.0 Å². The van der Waals surface area contributed by atoms with E-state index in [4.69, 9.17) is 7.85 Å². The summed E-state index contributed by atoms with van der Waals surface area (Å²) in [5.41, 5.74) is 0.845. The van der Waals surface area contributed by atoms with Crippen molar-refractivity contribution in [3.63, 3.8) is 0 Å². The van der Waals surface area contributed by atoms with Gasteiger partial charge >= 0.3 is 0 Å². The molecule has 1 aromatic carbocycles. The average Bonchev–Trinajstić information content (AvgIpc) is 2.03. The Morgan fingerprint density at radius 2 is 1.43 bits per heavy atom. The van der Waals surface area contributed by atoms with Gasteiger partial charge in [-0.25, -0.2) is 10.0 Å². The van der Waals surface area contributed by atoms with Gasteiger partial charge in [0.1, 0.15) is 7.85 Å². The molecule has 2 heteroatoms. The summed E-state index contributed by atoms with van der Waals surface area (Å²) in [5.74, 6) is 0. The Labute approximate surface area is 90.8 Å². The van der Waals surface area contributed by atoms with Gasteiger partial charge in [0.2, 0.25) is 0 Å². The second kappa shape index (κ2) is 3.65. The zero-order valence-corrected chi connectivity index (χ0v) is 10.6. The molecule has 0 unspecified atom stereocenters. The Morgan fingerprint density at radius 3 is 1.79 bits per heavy atom. The Bertz CT molecular complexity index is 306. The molecule has 0 nitrogen and oxygen atoms in total. The zero-order valence-electron chi connectivity index (χ0n) is 9.79. The first-order chi connectivity index (χ1) is 6.25. The molecule has 14 heavy (non-hydrogen) atoms. The minimum Gasteiger partial charge on any atom is -0.215 e. The van der Waals surface area contributed by atoms with Gasteiger partial charge in [-0.05, 0) is 22.2 Å². The fraction of sp³-hybridized carbons (Fsp3) is 0.500. The molecule has 0 aliphatic heterocycles. The summed E-state index contributed by atoms with van der Waals surface area (Å²) < 4.78 is 0.336. The predicted molar refractivity (Wildman–Crippen MR) is 69.3 cm³/mol. The van der Waals surface area contributed by atoms with E-state index >= 15 is 0 Å². The minimum absolute atomic E-state index is 0.336. The molecule has 0 aliphatic rings. The molecule has 0 atom stereocenters. The van der Waals surface area contributed by atoms with Crippen LogP contribution in [0.2, 0.25) is 0 Å². The standard InChI is InChI=1S/C12H19BS/c1-12(2,3)14(4,5)11-8-6-10(13)7-9-11/h6-9H,1-5H3. The maximum Gasteiger partial charge on any atom is 0.113 e. The van der Waals surface area contributed by atoms with Crippen LogP contribution in [0.4, 0.5) is 0 Å². The van der Waals surface area contributed by atoms with Gasteiger partial charge in [0.05, 0.1) is 0 Å². The molecule has 0 fully saturated rings. The fourth-order valence-corrected chi connectivity index (χ4v) is 2.69. The van der Waals surface area contributed by atoms with Crippen LogP contribution in [-0.4, -0.2) is 25.1 Å². The van der Waals surface area contributed by atoms with Gasteiger partial charge in [-0.1, -0.05) is 50.5 Å². The van der Waals surface area contributed by atoms with E-state index in [2.05, 4.69) is 45.4 Å². The van der Waals surface area contributed by atoms with Crippen LogP contribution < -0.4 is 5.46 Å². The van der Waals surface area contributed by atoms with Gasteiger partial charge in [0, 0.05) is 0 Å². The highest BCUT2D eigenvalue weighted by atomic mass is 32.3. The first-order valence-electron chi connectivity index (χ1n) is 4.83. The van der Waals surface area contributed by atoms with E-state index in [1.165, 1.54) is 4.90 Å². The molecule has 0 heterocycles. The van der Waals surface area contributed by atoms with E-state index in [1.54, 1.807) is 0 Å². The first-order valence-corrected chi connectivity index (χ1v) is 7.28. The molecule has 0 saturated heterocycles. The normalized spacial score (nSPS) is 14.1. The van der Waals surface area contributed by atoms with E-state index in [9.17, 15) is 0 Å². The number of hydrogen-bond donors (Lipinski definition) is 0. The Morgan fingerprint density at radius 1 is 1.00 bits per heavy atom. The van der Waals surface area contributed by atoms with Crippen molar-refractivity contribution in [1.82, 2.24) is 0 Å². The highest BCUT2D eigenvalue weighted by Crippen LogP contribution is 2.59. The maximum absolute atomic E-state index is 5.69. The van der Waals surface area contributed by atoms with E-state index < -0.39 is 10.0 Å². The third-order valence-corrected chi connectivity index (χ3v) is 7.51. The largest absolute Gasteiger partial charge is 0.215 e. The number of benzene rings is 1. The second-order valence-electron chi connectivity index (χ2n) is 5.01. The lowest BCUT2D eigenvalue weighted by atomic mass is 9.97. The van der Waals surface area contributed by atoms with Crippen LogP contribution in [0.25, 0.3) is 0 Å². The monoisotopic (exact) mass is 206 g/mol. The average molecular weight is 206 g/mol. The molecule has 2 radical (unpaired) electrons. The molecule has 76 valence electrons. The van der Waals surface area contributed by atoms with Gasteiger partial charge in [0.15, 0.2) is 0 Å². The summed E-state index contributed by atoms with van der Waals surface area (Å²) in [7, 11) is 4.94. The smallest absolute Gasteiger partial charge is 0.113 e. The summed E-state index contributed by atoms with van der Waals surface area (Å²) >= 11 is 0. The SMILES string of the molecule is [B]c1ccc(S(C)(C)C(C)(C)C)cc1. The molecule has 0 aromatic heterocycles. The molecule has 1 aromatic rings. The van der Waals surface area contributed by atoms with E-state index in [1.807, 2.05) is 12.1 Å². The Balaban J connectivity index is 3.10. The van der Waals surface area contributed by atoms with Crippen molar-refractivity contribution in [2.75, 3.05) is 12.5 Å². The van der Waals surface area contributed by atoms with Crippen LogP contribution in [0.3, 0.4) is 0 Å². The van der Waals surface area contributed by atoms with Crippen molar-refractivity contribution in [2.24, 2.45) is 0 Å². The number of rotatable bonds is 1. The summed E-state index contributed by atoms with van der Waals surface area (Å²) in [6.45, 7) is 6.91. The molecular formula is C12H19BS. The quantitative estimate of drug-likeness (QED) is 0.620. The Kier molecular flexibility index (Phi) is 3.06. The summed E-state index contributed by atoms with van der Waals surface area (Å²) in [4.78, 5) is 1.43. The molecule has 0 aliphatic carbocycles. The van der Waals surface area contributed by atoms with Crippen LogP contribution in [0.15, 0.2) is 29.2 Å². The molecule has 0 N–H and O–H groups in total. The molecular weight excluding hydrogens is 187 g/mol. The summed E-state index contributed by atoms with van der Waals surface area (Å²) in [6.07, 6.45) is 4.72. The van der Waals surface area contributed by atoms with Gasteiger partial charge in [-0.15, -0.1) is 0 Å². The van der Waals surface area contributed by atoms with Crippen LogP contribution in [0.1, 0.15) is 20.8 Å². The topological polar surface area (TPSA) is 0 Å². The Hall–Kier alpha value is -0.365. The van der Waals surface area contributed by atoms with E-state index in [0.29, 0.717) is 4.75 Å². The third kappa shape index (κ3) is 2.17. The zero-order chi connectivity index (χ0) is 11.0. The van der Waals surface area contributed by atoms with Crippen molar-refractivity contribution in [2.45, 2.75) is 30.4 Å².